The number of hydrogen-bond acceptors (Lipinski definition) is 6. The van der Waals surface area contributed by atoms with Gasteiger partial charge < -0.3 is 23.8 Å². The van der Waals surface area contributed by atoms with Crippen molar-refractivity contribution in [2.45, 2.75) is 13.1 Å². The molecule has 0 aliphatic rings. The molecule has 0 spiro atoms. The van der Waals surface area contributed by atoms with E-state index in [9.17, 15) is 9.59 Å². The Balaban J connectivity index is 1.56. The first-order valence-corrected chi connectivity index (χ1v) is 9.48. The highest BCUT2D eigenvalue weighted by molar-refractivity contribution is 5.94. The third-order valence-corrected chi connectivity index (χ3v) is 4.44. The first-order chi connectivity index (χ1) is 14.5. The zero-order valence-corrected chi connectivity index (χ0v) is 17.0. The highest BCUT2D eigenvalue weighted by Crippen LogP contribution is 2.16. The zero-order valence-electron chi connectivity index (χ0n) is 17.0. The van der Waals surface area contributed by atoms with Crippen LogP contribution in [0.2, 0.25) is 0 Å². The van der Waals surface area contributed by atoms with Crippen molar-refractivity contribution < 1.29 is 23.2 Å². The van der Waals surface area contributed by atoms with Gasteiger partial charge in [0, 0.05) is 18.8 Å². The Morgan fingerprint density at radius 2 is 1.63 bits per heavy atom. The van der Waals surface area contributed by atoms with Crippen LogP contribution in [-0.2, 0) is 22.7 Å². The standard InChI is InChI=1S/C22H25N3O5/c1-24(15-21(26)23-17-6-3-7-18(12-17)28-2)22(27)16-25(13-19-8-4-10-29-19)14-20-9-5-11-30-20/h3-12H,13-16H2,1-2H3,(H,23,26). The topological polar surface area (TPSA) is 88.2 Å². The van der Waals surface area contributed by atoms with Gasteiger partial charge >= 0.3 is 0 Å². The lowest BCUT2D eigenvalue weighted by Crippen LogP contribution is -2.41. The van der Waals surface area contributed by atoms with Crippen LogP contribution in [0.5, 0.6) is 5.75 Å². The highest BCUT2D eigenvalue weighted by Gasteiger charge is 2.19. The predicted octanol–water partition coefficient (Wildman–Crippen LogP) is 2.98. The summed E-state index contributed by atoms with van der Waals surface area (Å²) in [4.78, 5) is 28.4. The largest absolute Gasteiger partial charge is 0.497 e. The van der Waals surface area contributed by atoms with Crippen molar-refractivity contribution in [3.05, 3.63) is 72.6 Å². The minimum Gasteiger partial charge on any atom is -0.497 e. The average Bonchev–Trinajstić information content (AvgIpc) is 3.42. The normalized spacial score (nSPS) is 10.8. The van der Waals surface area contributed by atoms with Gasteiger partial charge in [-0.1, -0.05) is 6.07 Å². The minimum absolute atomic E-state index is 0.0641. The molecule has 0 fully saturated rings. The molecule has 0 saturated heterocycles. The summed E-state index contributed by atoms with van der Waals surface area (Å²) in [6, 6.07) is 14.4. The maximum absolute atomic E-state index is 12.7. The smallest absolute Gasteiger partial charge is 0.243 e. The predicted molar refractivity (Wildman–Crippen MR) is 111 cm³/mol. The van der Waals surface area contributed by atoms with Gasteiger partial charge in [0.2, 0.25) is 11.8 Å². The molecule has 0 atom stereocenters. The molecule has 8 heteroatoms. The molecule has 0 saturated carbocycles. The first-order valence-electron chi connectivity index (χ1n) is 9.48. The highest BCUT2D eigenvalue weighted by atomic mass is 16.5. The molecule has 8 nitrogen and oxygen atoms in total. The zero-order chi connectivity index (χ0) is 21.3. The lowest BCUT2D eigenvalue weighted by molar-refractivity contribution is -0.134. The molecule has 2 amide bonds. The molecule has 0 unspecified atom stereocenters. The summed E-state index contributed by atoms with van der Waals surface area (Å²) in [6.07, 6.45) is 3.19. The molecule has 1 N–H and O–H groups in total. The van der Waals surface area contributed by atoms with Crippen molar-refractivity contribution in [2.75, 3.05) is 32.6 Å². The molecule has 1 aromatic carbocycles. The number of nitrogens with one attached hydrogen (secondary N) is 1. The van der Waals surface area contributed by atoms with Crippen molar-refractivity contribution in [2.24, 2.45) is 0 Å². The van der Waals surface area contributed by atoms with E-state index in [4.69, 9.17) is 13.6 Å². The molecule has 2 heterocycles. The Bertz CT molecular complexity index is 901. The maximum Gasteiger partial charge on any atom is 0.243 e. The number of nitrogens with zero attached hydrogens (tertiary/aromatic N) is 2. The molecule has 0 bridgehead atoms. The summed E-state index contributed by atoms with van der Waals surface area (Å²) < 4.78 is 16.0. The molecule has 158 valence electrons. The number of likely N-dealkylation sites (N-methyl/N-ethyl adjacent to an activating group) is 1. The summed E-state index contributed by atoms with van der Waals surface area (Å²) in [5, 5.41) is 2.77. The van der Waals surface area contributed by atoms with Crippen molar-refractivity contribution in [1.82, 2.24) is 9.80 Å². The van der Waals surface area contributed by atoms with E-state index >= 15 is 0 Å². The molecule has 0 radical (unpaired) electrons. The molecule has 3 rings (SSSR count). The number of carbonyl (C=O) groups excluding carboxylic acids is 2. The second-order valence-electron chi connectivity index (χ2n) is 6.83. The van der Waals surface area contributed by atoms with E-state index in [-0.39, 0.29) is 24.9 Å². The van der Waals surface area contributed by atoms with E-state index in [1.54, 1.807) is 63.1 Å². The van der Waals surface area contributed by atoms with Crippen molar-refractivity contribution in [3.63, 3.8) is 0 Å². The van der Waals surface area contributed by atoms with Gasteiger partial charge in [0.25, 0.3) is 0 Å². The van der Waals surface area contributed by atoms with Gasteiger partial charge in [-0.05, 0) is 36.4 Å². The quantitative estimate of drug-likeness (QED) is 0.552. The maximum atomic E-state index is 12.7. The lowest BCUT2D eigenvalue weighted by atomic mass is 10.3. The SMILES string of the molecule is COc1cccc(NC(=O)CN(C)C(=O)CN(Cc2ccco2)Cc2ccco2)c1. The molecule has 0 aliphatic carbocycles. The summed E-state index contributed by atoms with van der Waals surface area (Å²) >= 11 is 0. The Hall–Kier alpha value is -3.52. The number of furan rings is 2. The van der Waals surface area contributed by atoms with Crippen LogP contribution in [0.1, 0.15) is 11.5 Å². The minimum atomic E-state index is -0.289. The molecular formula is C22H25N3O5. The summed E-state index contributed by atoms with van der Waals surface area (Å²) in [7, 11) is 3.16. The van der Waals surface area contributed by atoms with E-state index in [1.807, 2.05) is 17.0 Å². The number of benzene rings is 1. The first kappa shape index (κ1) is 21.2. The third kappa shape index (κ3) is 6.25. The fourth-order valence-electron chi connectivity index (χ4n) is 2.93. The second-order valence-corrected chi connectivity index (χ2v) is 6.83. The van der Waals surface area contributed by atoms with Gasteiger partial charge in [-0.3, -0.25) is 14.5 Å². The third-order valence-electron chi connectivity index (χ3n) is 4.44. The average molecular weight is 411 g/mol. The number of rotatable bonds is 10. The summed E-state index contributed by atoms with van der Waals surface area (Å²) in [5.74, 6) is 1.65. The molecular weight excluding hydrogens is 386 g/mol. The van der Waals surface area contributed by atoms with Gasteiger partial charge in [0.05, 0.1) is 45.8 Å². The van der Waals surface area contributed by atoms with Crippen LogP contribution in [-0.4, -0.2) is 48.9 Å². The fraction of sp³-hybridized carbons (Fsp3) is 0.273. The van der Waals surface area contributed by atoms with Crippen LogP contribution in [0.15, 0.2) is 69.9 Å². The van der Waals surface area contributed by atoms with Crippen molar-refractivity contribution in [1.29, 1.82) is 0 Å². The van der Waals surface area contributed by atoms with Crippen LogP contribution < -0.4 is 10.1 Å². The Morgan fingerprint density at radius 3 is 2.20 bits per heavy atom. The van der Waals surface area contributed by atoms with Crippen molar-refractivity contribution >= 4 is 17.5 Å². The lowest BCUT2D eigenvalue weighted by Gasteiger charge is -2.23. The number of hydrogen-bond donors (Lipinski definition) is 1. The van der Waals surface area contributed by atoms with Crippen LogP contribution in [0, 0.1) is 0 Å². The monoisotopic (exact) mass is 411 g/mol. The van der Waals surface area contributed by atoms with Crippen LogP contribution in [0.25, 0.3) is 0 Å². The van der Waals surface area contributed by atoms with Gasteiger partial charge in [-0.2, -0.15) is 0 Å². The molecule has 3 aromatic rings. The van der Waals surface area contributed by atoms with Crippen molar-refractivity contribution in [3.8, 4) is 5.75 Å². The van der Waals surface area contributed by atoms with Gasteiger partial charge in [-0.25, -0.2) is 0 Å². The Morgan fingerprint density at radius 1 is 0.967 bits per heavy atom. The van der Waals surface area contributed by atoms with Gasteiger partial charge in [-0.15, -0.1) is 0 Å². The van der Waals surface area contributed by atoms with E-state index in [1.165, 1.54) is 4.90 Å². The fourth-order valence-corrected chi connectivity index (χ4v) is 2.93. The summed E-state index contributed by atoms with van der Waals surface area (Å²) in [6.45, 7) is 0.947. The van der Waals surface area contributed by atoms with Gasteiger partial charge in [0.15, 0.2) is 0 Å². The Kier molecular flexibility index (Phi) is 7.29. The van der Waals surface area contributed by atoms with E-state index in [0.29, 0.717) is 24.5 Å². The number of ether oxygens (including phenoxy) is 1. The van der Waals surface area contributed by atoms with E-state index < -0.39 is 0 Å². The van der Waals surface area contributed by atoms with Crippen LogP contribution in [0.4, 0.5) is 5.69 Å². The summed E-state index contributed by atoms with van der Waals surface area (Å²) in [5.41, 5.74) is 0.609. The molecule has 0 aliphatic heterocycles. The number of carbonyl (C=O) groups is 2. The van der Waals surface area contributed by atoms with Crippen LogP contribution in [0.3, 0.4) is 0 Å². The number of methoxy groups -OCH3 is 1. The van der Waals surface area contributed by atoms with E-state index in [2.05, 4.69) is 5.32 Å². The van der Waals surface area contributed by atoms with E-state index in [0.717, 1.165) is 11.5 Å². The Labute approximate surface area is 175 Å². The number of anilines is 1. The van der Waals surface area contributed by atoms with Gasteiger partial charge in [0.1, 0.15) is 17.3 Å². The molecule has 30 heavy (non-hydrogen) atoms. The second kappa shape index (κ2) is 10.3. The van der Waals surface area contributed by atoms with Crippen LogP contribution >= 0.6 is 0 Å². The molecule has 2 aromatic heterocycles. The number of amides is 2.